The average Bonchev–Trinajstić information content (AvgIpc) is 2.81. The predicted molar refractivity (Wildman–Crippen MR) is 126 cm³/mol. The van der Waals surface area contributed by atoms with Crippen molar-refractivity contribution in [2.24, 2.45) is 0 Å². The van der Waals surface area contributed by atoms with Gasteiger partial charge in [-0.3, -0.25) is 14.5 Å². The molecule has 2 aromatic carbocycles. The zero-order chi connectivity index (χ0) is 22.7. The first-order chi connectivity index (χ1) is 15.5. The molecule has 2 heterocycles. The second-order valence-electron chi connectivity index (χ2n) is 7.86. The molecule has 0 unspecified atom stereocenters. The minimum absolute atomic E-state index is 0.00688. The molecular formula is C24H27ClN4O3. The standard InChI is InChI=1S/C24H27ClN4O3/c1-3-29-21-9-8-18(16-20(21)26-17(2)23(29)30)24(31)28-12-10-27(11-13-28)14-15-32-22-7-5-4-6-19(22)25/h4-9,16H,3,10-15H2,1-2H3. The third-order valence-corrected chi connectivity index (χ3v) is 6.15. The summed E-state index contributed by atoms with van der Waals surface area (Å²) in [4.78, 5) is 33.9. The highest BCUT2D eigenvalue weighted by Crippen LogP contribution is 2.23. The number of aryl methyl sites for hydroxylation is 2. The lowest BCUT2D eigenvalue weighted by Crippen LogP contribution is -2.49. The Morgan fingerprint density at radius 1 is 1.12 bits per heavy atom. The Kier molecular flexibility index (Phi) is 6.77. The second-order valence-corrected chi connectivity index (χ2v) is 8.27. The SMILES string of the molecule is CCn1c(=O)c(C)nc2cc(C(=O)N3CCN(CCOc4ccccc4Cl)CC3)ccc21. The minimum Gasteiger partial charge on any atom is -0.491 e. The minimum atomic E-state index is -0.0892. The van der Waals surface area contributed by atoms with Crippen molar-refractivity contribution in [3.63, 3.8) is 0 Å². The van der Waals surface area contributed by atoms with Gasteiger partial charge in [-0.1, -0.05) is 23.7 Å². The van der Waals surface area contributed by atoms with Crippen molar-refractivity contribution in [2.75, 3.05) is 39.3 Å². The monoisotopic (exact) mass is 454 g/mol. The van der Waals surface area contributed by atoms with Crippen LogP contribution < -0.4 is 10.3 Å². The molecule has 1 amide bonds. The van der Waals surface area contributed by atoms with Gasteiger partial charge < -0.3 is 14.2 Å². The first kappa shape index (κ1) is 22.3. The van der Waals surface area contributed by atoms with Crippen molar-refractivity contribution in [3.8, 4) is 5.75 Å². The topological polar surface area (TPSA) is 67.7 Å². The van der Waals surface area contributed by atoms with E-state index in [1.54, 1.807) is 23.6 Å². The molecule has 0 saturated carbocycles. The van der Waals surface area contributed by atoms with Gasteiger partial charge in [0.05, 0.1) is 16.1 Å². The van der Waals surface area contributed by atoms with Gasteiger partial charge in [0.2, 0.25) is 0 Å². The Labute approximate surface area is 192 Å². The van der Waals surface area contributed by atoms with E-state index in [-0.39, 0.29) is 11.5 Å². The van der Waals surface area contributed by atoms with Crippen molar-refractivity contribution in [2.45, 2.75) is 20.4 Å². The lowest BCUT2D eigenvalue weighted by atomic mass is 10.1. The molecule has 8 heteroatoms. The number of benzene rings is 2. The molecule has 7 nitrogen and oxygen atoms in total. The molecule has 1 saturated heterocycles. The van der Waals surface area contributed by atoms with Gasteiger partial charge >= 0.3 is 0 Å². The molecule has 0 bridgehead atoms. The number of carbonyl (C=O) groups is 1. The second kappa shape index (κ2) is 9.71. The summed E-state index contributed by atoms with van der Waals surface area (Å²) in [7, 11) is 0. The Morgan fingerprint density at radius 3 is 2.59 bits per heavy atom. The summed E-state index contributed by atoms with van der Waals surface area (Å²) in [6.07, 6.45) is 0. The fourth-order valence-electron chi connectivity index (χ4n) is 4.03. The molecule has 0 N–H and O–H groups in total. The van der Waals surface area contributed by atoms with Crippen molar-refractivity contribution < 1.29 is 9.53 Å². The van der Waals surface area contributed by atoms with Crippen molar-refractivity contribution in [1.29, 1.82) is 0 Å². The number of fused-ring (bicyclic) bond motifs is 1. The lowest BCUT2D eigenvalue weighted by molar-refractivity contribution is 0.0620. The maximum atomic E-state index is 13.1. The van der Waals surface area contributed by atoms with E-state index in [0.29, 0.717) is 53.8 Å². The Morgan fingerprint density at radius 2 is 1.88 bits per heavy atom. The van der Waals surface area contributed by atoms with Crippen LogP contribution in [0.2, 0.25) is 5.02 Å². The van der Waals surface area contributed by atoms with Crippen LogP contribution in [0.15, 0.2) is 47.3 Å². The summed E-state index contributed by atoms with van der Waals surface area (Å²) in [6, 6.07) is 12.8. The summed E-state index contributed by atoms with van der Waals surface area (Å²) in [5.74, 6) is 0.684. The number of aromatic nitrogens is 2. The summed E-state index contributed by atoms with van der Waals surface area (Å²) in [5.41, 5.74) is 2.37. The lowest BCUT2D eigenvalue weighted by Gasteiger charge is -2.34. The summed E-state index contributed by atoms with van der Waals surface area (Å²) in [6.45, 7) is 8.42. The number of carbonyl (C=O) groups excluding carboxylic acids is 1. The Hall–Kier alpha value is -2.90. The third kappa shape index (κ3) is 4.64. The van der Waals surface area contributed by atoms with Crippen LogP contribution in [0.25, 0.3) is 11.0 Å². The zero-order valence-corrected chi connectivity index (χ0v) is 19.1. The zero-order valence-electron chi connectivity index (χ0n) is 18.4. The van der Waals surface area contributed by atoms with Crippen LogP contribution >= 0.6 is 11.6 Å². The highest BCUT2D eigenvalue weighted by atomic mass is 35.5. The summed E-state index contributed by atoms with van der Waals surface area (Å²) >= 11 is 6.12. The van der Waals surface area contributed by atoms with E-state index in [1.165, 1.54) is 0 Å². The van der Waals surface area contributed by atoms with Crippen LogP contribution in [0.1, 0.15) is 23.0 Å². The number of nitrogens with zero attached hydrogens (tertiary/aromatic N) is 4. The number of piperazine rings is 1. The number of rotatable bonds is 6. The number of amides is 1. The largest absolute Gasteiger partial charge is 0.491 e. The highest BCUT2D eigenvalue weighted by Gasteiger charge is 2.22. The number of para-hydroxylation sites is 1. The van der Waals surface area contributed by atoms with Gasteiger partial charge in [0.25, 0.3) is 11.5 Å². The molecule has 1 aliphatic heterocycles. The van der Waals surface area contributed by atoms with Crippen LogP contribution in [0.4, 0.5) is 0 Å². The van der Waals surface area contributed by atoms with Crippen LogP contribution in [0.5, 0.6) is 5.75 Å². The molecule has 32 heavy (non-hydrogen) atoms. The van der Waals surface area contributed by atoms with E-state index in [1.807, 2.05) is 42.2 Å². The number of hydrogen-bond acceptors (Lipinski definition) is 5. The van der Waals surface area contributed by atoms with E-state index < -0.39 is 0 Å². The van der Waals surface area contributed by atoms with E-state index >= 15 is 0 Å². The molecule has 1 fully saturated rings. The Bertz CT molecular complexity index is 1190. The maximum absolute atomic E-state index is 13.1. The molecule has 1 aromatic heterocycles. The first-order valence-electron chi connectivity index (χ1n) is 10.9. The molecule has 4 rings (SSSR count). The Balaban J connectivity index is 1.36. The first-order valence-corrected chi connectivity index (χ1v) is 11.3. The molecule has 168 valence electrons. The van der Waals surface area contributed by atoms with Gasteiger partial charge in [-0.15, -0.1) is 0 Å². The van der Waals surface area contributed by atoms with E-state index in [4.69, 9.17) is 16.3 Å². The number of halogens is 1. The highest BCUT2D eigenvalue weighted by molar-refractivity contribution is 6.32. The third-order valence-electron chi connectivity index (χ3n) is 5.83. The molecule has 3 aromatic rings. The van der Waals surface area contributed by atoms with Gasteiger partial charge in [-0.25, -0.2) is 4.98 Å². The fourth-order valence-corrected chi connectivity index (χ4v) is 4.22. The van der Waals surface area contributed by atoms with Gasteiger partial charge in [0.1, 0.15) is 18.1 Å². The van der Waals surface area contributed by atoms with E-state index in [2.05, 4.69) is 9.88 Å². The van der Waals surface area contributed by atoms with Crippen molar-refractivity contribution >= 4 is 28.5 Å². The van der Waals surface area contributed by atoms with E-state index in [9.17, 15) is 9.59 Å². The molecular weight excluding hydrogens is 428 g/mol. The predicted octanol–water partition coefficient (Wildman–Crippen LogP) is 3.22. The van der Waals surface area contributed by atoms with Crippen LogP contribution in [0.3, 0.4) is 0 Å². The van der Waals surface area contributed by atoms with Crippen molar-refractivity contribution in [3.05, 3.63) is 69.1 Å². The maximum Gasteiger partial charge on any atom is 0.272 e. The van der Waals surface area contributed by atoms with Gasteiger partial charge in [-0.2, -0.15) is 0 Å². The molecule has 0 aliphatic carbocycles. The van der Waals surface area contributed by atoms with E-state index in [0.717, 1.165) is 25.2 Å². The van der Waals surface area contributed by atoms with Gasteiger partial charge in [-0.05, 0) is 44.2 Å². The normalized spacial score (nSPS) is 14.7. The van der Waals surface area contributed by atoms with Crippen LogP contribution in [-0.2, 0) is 6.54 Å². The van der Waals surface area contributed by atoms with Gasteiger partial charge in [0, 0.05) is 44.8 Å². The van der Waals surface area contributed by atoms with Crippen molar-refractivity contribution in [1.82, 2.24) is 19.4 Å². The van der Waals surface area contributed by atoms with Gasteiger partial charge in [0.15, 0.2) is 0 Å². The van der Waals surface area contributed by atoms with Crippen LogP contribution in [-0.4, -0.2) is 64.6 Å². The fraction of sp³-hybridized carbons (Fsp3) is 0.375. The molecule has 0 spiro atoms. The smallest absolute Gasteiger partial charge is 0.272 e. The summed E-state index contributed by atoms with van der Waals surface area (Å²) in [5, 5.41) is 0.610. The molecule has 0 radical (unpaired) electrons. The average molecular weight is 455 g/mol. The number of hydrogen-bond donors (Lipinski definition) is 0. The quantitative estimate of drug-likeness (QED) is 0.572. The molecule has 0 atom stereocenters. The number of ether oxygens (including phenoxy) is 1. The summed E-state index contributed by atoms with van der Waals surface area (Å²) < 4.78 is 7.47. The van der Waals surface area contributed by atoms with Crippen LogP contribution in [0, 0.1) is 6.92 Å². The molecule has 1 aliphatic rings.